The molecule has 0 atom stereocenters. The van der Waals surface area contributed by atoms with Crippen LogP contribution < -0.4 is 16.6 Å². The van der Waals surface area contributed by atoms with Crippen molar-refractivity contribution in [2.24, 2.45) is 5.73 Å². The molecule has 0 aromatic rings. The summed E-state index contributed by atoms with van der Waals surface area (Å²) in [4.78, 5) is 21.2. The van der Waals surface area contributed by atoms with Gasteiger partial charge in [0, 0.05) is 0 Å². The third-order valence-electron chi connectivity index (χ3n) is 1.79. The summed E-state index contributed by atoms with van der Waals surface area (Å²) < 4.78 is 34.9. The number of carbonyl (C=O) groups excluding carboxylic acids is 2. The number of alkyl halides is 3. The second kappa shape index (κ2) is 3.12. The lowest BCUT2D eigenvalue weighted by Gasteiger charge is -2.11. The molecule has 80 valence electrons. The van der Waals surface area contributed by atoms with Crippen LogP contribution in [0.1, 0.15) is 12.8 Å². The van der Waals surface area contributed by atoms with Gasteiger partial charge >= 0.3 is 12.1 Å². The van der Waals surface area contributed by atoms with E-state index in [4.69, 9.17) is 5.73 Å². The third kappa shape index (κ3) is 2.34. The lowest BCUT2D eigenvalue weighted by atomic mass is 10.3. The molecule has 0 heterocycles. The molecule has 2 amide bonds. The summed E-state index contributed by atoms with van der Waals surface area (Å²) in [7, 11) is 0. The molecule has 1 rings (SSSR count). The molecule has 8 heteroatoms. The Morgan fingerprint density at radius 1 is 1.21 bits per heavy atom. The van der Waals surface area contributed by atoms with Crippen molar-refractivity contribution in [2.45, 2.75) is 24.6 Å². The van der Waals surface area contributed by atoms with Gasteiger partial charge in [-0.15, -0.1) is 0 Å². The summed E-state index contributed by atoms with van der Waals surface area (Å²) in [5.74, 6) is -3.04. The maximum absolute atomic E-state index is 11.6. The zero-order valence-corrected chi connectivity index (χ0v) is 6.94. The first-order valence-electron chi connectivity index (χ1n) is 3.72. The van der Waals surface area contributed by atoms with Gasteiger partial charge in [-0.1, -0.05) is 0 Å². The number of nitrogens with one attached hydrogen (secondary N) is 2. The van der Waals surface area contributed by atoms with Gasteiger partial charge in [0.2, 0.25) is 0 Å². The number of rotatable bonds is 1. The molecule has 0 saturated heterocycles. The molecule has 0 aromatic carbocycles. The average molecular weight is 211 g/mol. The molecule has 1 saturated carbocycles. The van der Waals surface area contributed by atoms with Gasteiger partial charge < -0.3 is 5.73 Å². The van der Waals surface area contributed by atoms with Crippen molar-refractivity contribution >= 4 is 11.8 Å². The van der Waals surface area contributed by atoms with Gasteiger partial charge in [-0.25, -0.2) is 0 Å². The van der Waals surface area contributed by atoms with E-state index < -0.39 is 23.5 Å². The van der Waals surface area contributed by atoms with Gasteiger partial charge in [0.1, 0.15) is 0 Å². The van der Waals surface area contributed by atoms with E-state index in [1.54, 1.807) is 5.43 Å². The Bertz CT molecular complexity index is 255. The summed E-state index contributed by atoms with van der Waals surface area (Å²) in [6.07, 6.45) is -4.21. The zero-order valence-electron chi connectivity index (χ0n) is 6.94. The molecule has 0 bridgehead atoms. The van der Waals surface area contributed by atoms with Gasteiger partial charge in [-0.05, 0) is 12.8 Å². The molecule has 0 unspecified atom stereocenters. The minimum Gasteiger partial charge on any atom is -0.317 e. The van der Waals surface area contributed by atoms with E-state index >= 15 is 0 Å². The van der Waals surface area contributed by atoms with E-state index in [0.717, 1.165) is 0 Å². The molecule has 1 aliphatic carbocycles. The molecule has 4 N–H and O–H groups in total. The minimum atomic E-state index is -5.02. The summed E-state index contributed by atoms with van der Waals surface area (Å²) in [6.45, 7) is 0. The quantitative estimate of drug-likeness (QED) is 0.496. The first kappa shape index (κ1) is 10.8. The van der Waals surface area contributed by atoms with Gasteiger partial charge in [0.05, 0.1) is 5.54 Å². The van der Waals surface area contributed by atoms with Gasteiger partial charge in [-0.3, -0.25) is 20.4 Å². The SMILES string of the molecule is NC1(C(=O)NNC(=O)C(F)(F)F)CC1. The van der Waals surface area contributed by atoms with Gasteiger partial charge in [-0.2, -0.15) is 13.2 Å². The Morgan fingerprint density at radius 3 is 2.07 bits per heavy atom. The highest BCUT2D eigenvalue weighted by atomic mass is 19.4. The summed E-state index contributed by atoms with van der Waals surface area (Å²) in [5.41, 5.74) is 7.06. The Labute approximate surface area is 76.8 Å². The molecule has 0 aromatic heterocycles. The predicted molar refractivity (Wildman–Crippen MR) is 38.5 cm³/mol. The summed E-state index contributed by atoms with van der Waals surface area (Å²) in [6, 6.07) is 0. The number of halogens is 3. The first-order valence-corrected chi connectivity index (χ1v) is 3.72. The van der Waals surface area contributed by atoms with Crippen LogP contribution in [0.4, 0.5) is 13.2 Å². The maximum Gasteiger partial charge on any atom is 0.472 e. The standard InChI is InChI=1S/C6H8F3N3O2/c7-6(8,9)4(14)12-11-3(13)5(10)1-2-5/h1-2,10H2,(H,11,13)(H,12,14). The molecule has 5 nitrogen and oxygen atoms in total. The Hall–Kier alpha value is -1.31. The van der Waals surface area contributed by atoms with Crippen molar-refractivity contribution in [1.82, 2.24) is 10.9 Å². The fourth-order valence-electron chi connectivity index (χ4n) is 0.671. The van der Waals surface area contributed by atoms with Crippen molar-refractivity contribution in [3.63, 3.8) is 0 Å². The van der Waals surface area contributed by atoms with Crippen LogP contribution in [0.25, 0.3) is 0 Å². The van der Waals surface area contributed by atoms with Crippen molar-refractivity contribution in [3.05, 3.63) is 0 Å². The van der Waals surface area contributed by atoms with Crippen molar-refractivity contribution in [3.8, 4) is 0 Å². The third-order valence-corrected chi connectivity index (χ3v) is 1.79. The van der Waals surface area contributed by atoms with Crippen LogP contribution >= 0.6 is 0 Å². The molecule has 1 fully saturated rings. The van der Waals surface area contributed by atoms with E-state index in [1.807, 2.05) is 0 Å². The molecule has 0 aliphatic heterocycles. The van der Waals surface area contributed by atoms with Gasteiger partial charge in [0.25, 0.3) is 5.91 Å². The van der Waals surface area contributed by atoms with Crippen LogP contribution in [0, 0.1) is 0 Å². The highest BCUT2D eigenvalue weighted by molar-refractivity contribution is 5.91. The second-order valence-electron chi connectivity index (χ2n) is 3.06. The normalized spacial score (nSPS) is 18.6. The largest absolute Gasteiger partial charge is 0.472 e. The number of amides is 2. The van der Waals surface area contributed by atoms with Crippen molar-refractivity contribution < 1.29 is 22.8 Å². The highest BCUT2D eigenvalue weighted by Gasteiger charge is 2.47. The number of hydrogen-bond acceptors (Lipinski definition) is 3. The number of hydrogen-bond donors (Lipinski definition) is 3. The lowest BCUT2D eigenvalue weighted by molar-refractivity contribution is -0.175. The summed E-state index contributed by atoms with van der Waals surface area (Å²) >= 11 is 0. The second-order valence-corrected chi connectivity index (χ2v) is 3.06. The fourth-order valence-corrected chi connectivity index (χ4v) is 0.671. The summed E-state index contributed by atoms with van der Waals surface area (Å²) in [5, 5.41) is 0. The molecule has 0 spiro atoms. The fraction of sp³-hybridized carbons (Fsp3) is 0.667. The predicted octanol–water partition coefficient (Wildman–Crippen LogP) is -0.813. The molecule has 14 heavy (non-hydrogen) atoms. The number of carbonyl (C=O) groups is 2. The minimum absolute atomic E-state index is 0.403. The monoisotopic (exact) mass is 211 g/mol. The zero-order chi connectivity index (χ0) is 11.0. The Morgan fingerprint density at radius 2 is 1.71 bits per heavy atom. The van der Waals surface area contributed by atoms with E-state index in [0.29, 0.717) is 12.8 Å². The van der Waals surface area contributed by atoms with E-state index in [-0.39, 0.29) is 0 Å². The Balaban J connectivity index is 2.34. The highest BCUT2D eigenvalue weighted by Crippen LogP contribution is 2.31. The number of nitrogens with two attached hydrogens (primary N) is 1. The smallest absolute Gasteiger partial charge is 0.317 e. The van der Waals surface area contributed by atoms with E-state index in [1.165, 1.54) is 5.43 Å². The molecular weight excluding hydrogens is 203 g/mol. The first-order chi connectivity index (χ1) is 6.26. The lowest BCUT2D eigenvalue weighted by Crippen LogP contribution is -2.53. The van der Waals surface area contributed by atoms with Crippen LogP contribution in [0.15, 0.2) is 0 Å². The van der Waals surface area contributed by atoms with Crippen molar-refractivity contribution in [1.29, 1.82) is 0 Å². The van der Waals surface area contributed by atoms with E-state index in [9.17, 15) is 22.8 Å². The Kier molecular flexibility index (Phi) is 2.40. The number of hydrazine groups is 1. The average Bonchev–Trinajstić information content (AvgIpc) is 2.78. The van der Waals surface area contributed by atoms with Gasteiger partial charge in [0.15, 0.2) is 0 Å². The maximum atomic E-state index is 11.6. The van der Waals surface area contributed by atoms with Crippen LogP contribution in [0.3, 0.4) is 0 Å². The molecular formula is C6H8F3N3O2. The van der Waals surface area contributed by atoms with Crippen molar-refractivity contribution in [2.75, 3.05) is 0 Å². The topological polar surface area (TPSA) is 84.2 Å². The van der Waals surface area contributed by atoms with E-state index in [2.05, 4.69) is 0 Å². The van der Waals surface area contributed by atoms with Crippen LogP contribution in [0.2, 0.25) is 0 Å². The van der Waals surface area contributed by atoms with Crippen LogP contribution in [-0.2, 0) is 9.59 Å². The van der Waals surface area contributed by atoms with Crippen LogP contribution in [0.5, 0.6) is 0 Å². The van der Waals surface area contributed by atoms with Crippen LogP contribution in [-0.4, -0.2) is 23.5 Å². The molecule has 1 aliphatic rings. The molecule has 0 radical (unpaired) electrons.